The lowest BCUT2D eigenvalue weighted by Crippen LogP contribution is -2.36. The number of carbonyl (C=O) groups is 1. The van der Waals surface area contributed by atoms with Gasteiger partial charge in [0.1, 0.15) is 0 Å². The fraction of sp³-hybridized carbons (Fsp3) is 0.500. The Morgan fingerprint density at radius 3 is 2.53 bits per heavy atom. The summed E-state index contributed by atoms with van der Waals surface area (Å²) in [7, 11) is 0. The third-order valence-electron chi connectivity index (χ3n) is 3.31. The lowest BCUT2D eigenvalue weighted by atomic mass is 10.0. The molecule has 1 aromatic rings. The van der Waals surface area contributed by atoms with E-state index in [4.69, 9.17) is 28.3 Å². The average Bonchev–Trinajstić information content (AvgIpc) is 2.32. The number of benzene rings is 1. The van der Waals surface area contributed by atoms with Gasteiger partial charge in [-0.05, 0) is 44.2 Å². The van der Waals surface area contributed by atoms with Gasteiger partial charge in [-0.3, -0.25) is 9.69 Å². The van der Waals surface area contributed by atoms with Gasteiger partial charge in [0.15, 0.2) is 0 Å². The number of halogens is 2. The van der Waals surface area contributed by atoms with Gasteiger partial charge >= 0.3 is 5.97 Å². The summed E-state index contributed by atoms with van der Waals surface area (Å²) in [6.07, 6.45) is 0.108. The molecule has 0 saturated heterocycles. The van der Waals surface area contributed by atoms with Crippen LogP contribution < -0.4 is 0 Å². The Labute approximate surface area is 124 Å². The van der Waals surface area contributed by atoms with Gasteiger partial charge in [0, 0.05) is 22.1 Å². The minimum absolute atomic E-state index is 0.0190. The van der Waals surface area contributed by atoms with E-state index in [-0.39, 0.29) is 18.5 Å². The van der Waals surface area contributed by atoms with Crippen molar-refractivity contribution in [3.8, 4) is 0 Å². The van der Waals surface area contributed by atoms with Gasteiger partial charge in [0.2, 0.25) is 0 Å². The minimum Gasteiger partial charge on any atom is -0.481 e. The molecule has 106 valence electrons. The molecule has 0 aromatic heterocycles. The molecular weight excluding hydrogens is 285 g/mol. The summed E-state index contributed by atoms with van der Waals surface area (Å²) in [6.45, 7) is 6.68. The van der Waals surface area contributed by atoms with Crippen LogP contribution in [0.4, 0.5) is 0 Å². The summed E-state index contributed by atoms with van der Waals surface area (Å²) in [5.41, 5.74) is 0.924. The quantitative estimate of drug-likeness (QED) is 0.854. The molecule has 0 aliphatic carbocycles. The third-order valence-corrected chi connectivity index (χ3v) is 3.89. The Bertz CT molecular complexity index is 451. The van der Waals surface area contributed by atoms with Gasteiger partial charge in [0.25, 0.3) is 0 Å². The molecule has 1 rings (SSSR count). The lowest BCUT2D eigenvalue weighted by Gasteiger charge is -2.33. The molecule has 0 radical (unpaired) electrons. The number of carboxylic acids is 1. The number of hydrogen-bond acceptors (Lipinski definition) is 2. The van der Waals surface area contributed by atoms with Crippen LogP contribution >= 0.6 is 23.2 Å². The van der Waals surface area contributed by atoms with E-state index in [0.29, 0.717) is 10.0 Å². The van der Waals surface area contributed by atoms with E-state index >= 15 is 0 Å². The smallest absolute Gasteiger partial charge is 0.304 e. The van der Waals surface area contributed by atoms with E-state index in [1.165, 1.54) is 0 Å². The molecule has 3 nitrogen and oxygen atoms in total. The monoisotopic (exact) mass is 303 g/mol. The van der Waals surface area contributed by atoms with Gasteiger partial charge in [-0.15, -0.1) is 0 Å². The SMILES string of the molecule is CCN(C(C)CC(=O)O)C(C)c1cc(Cl)ccc1Cl. The summed E-state index contributed by atoms with van der Waals surface area (Å²) in [5.74, 6) is -0.796. The van der Waals surface area contributed by atoms with Crippen LogP contribution in [-0.4, -0.2) is 28.6 Å². The summed E-state index contributed by atoms with van der Waals surface area (Å²) in [6, 6.07) is 5.31. The molecule has 0 saturated carbocycles. The first-order chi connectivity index (χ1) is 8.86. The standard InChI is InChI=1S/C14H19Cl2NO2/c1-4-17(9(2)7-14(18)19)10(3)12-8-11(15)5-6-13(12)16/h5-6,8-10H,4,7H2,1-3H3,(H,18,19). The maximum absolute atomic E-state index is 10.8. The van der Waals surface area contributed by atoms with Crippen LogP contribution in [0.3, 0.4) is 0 Å². The first-order valence-corrected chi connectivity index (χ1v) is 7.04. The largest absolute Gasteiger partial charge is 0.481 e. The molecule has 0 spiro atoms. The van der Waals surface area contributed by atoms with E-state index in [1.807, 2.05) is 26.8 Å². The van der Waals surface area contributed by atoms with Crippen LogP contribution in [0.1, 0.15) is 38.8 Å². The Kier molecular flexibility index (Phi) is 6.11. The molecule has 0 aliphatic heterocycles. The summed E-state index contributed by atoms with van der Waals surface area (Å²) in [4.78, 5) is 12.9. The van der Waals surface area contributed by atoms with Crippen molar-refractivity contribution in [1.82, 2.24) is 4.90 Å². The zero-order valence-electron chi connectivity index (χ0n) is 11.4. The van der Waals surface area contributed by atoms with Gasteiger partial charge in [-0.2, -0.15) is 0 Å². The van der Waals surface area contributed by atoms with Crippen molar-refractivity contribution < 1.29 is 9.90 Å². The second-order valence-corrected chi connectivity index (χ2v) is 5.46. The molecule has 2 atom stereocenters. The molecular formula is C14H19Cl2NO2. The number of carboxylic acid groups (broad SMARTS) is 1. The van der Waals surface area contributed by atoms with Crippen molar-refractivity contribution in [3.05, 3.63) is 33.8 Å². The van der Waals surface area contributed by atoms with Crippen LogP contribution in [0, 0.1) is 0 Å². The first-order valence-electron chi connectivity index (χ1n) is 6.29. The van der Waals surface area contributed by atoms with E-state index in [1.54, 1.807) is 12.1 Å². The van der Waals surface area contributed by atoms with E-state index < -0.39 is 5.97 Å². The molecule has 19 heavy (non-hydrogen) atoms. The molecule has 0 bridgehead atoms. The van der Waals surface area contributed by atoms with Crippen molar-refractivity contribution in [2.75, 3.05) is 6.54 Å². The summed E-state index contributed by atoms with van der Waals surface area (Å²) >= 11 is 12.2. The zero-order valence-corrected chi connectivity index (χ0v) is 12.9. The van der Waals surface area contributed by atoms with Crippen LogP contribution in [0.2, 0.25) is 10.0 Å². The van der Waals surface area contributed by atoms with Crippen molar-refractivity contribution >= 4 is 29.2 Å². The maximum Gasteiger partial charge on any atom is 0.304 e. The third kappa shape index (κ3) is 4.37. The normalized spacial score (nSPS) is 14.4. The second kappa shape index (κ2) is 7.13. The highest BCUT2D eigenvalue weighted by molar-refractivity contribution is 6.33. The number of nitrogens with zero attached hydrogens (tertiary/aromatic N) is 1. The van der Waals surface area contributed by atoms with Crippen LogP contribution in [0.25, 0.3) is 0 Å². The molecule has 2 unspecified atom stereocenters. The molecule has 0 fully saturated rings. The predicted molar refractivity (Wildman–Crippen MR) is 79.0 cm³/mol. The average molecular weight is 304 g/mol. The Morgan fingerprint density at radius 1 is 1.37 bits per heavy atom. The number of aliphatic carboxylic acids is 1. The molecule has 5 heteroatoms. The minimum atomic E-state index is -0.796. The Balaban J connectivity index is 2.97. The van der Waals surface area contributed by atoms with Gasteiger partial charge in [-0.25, -0.2) is 0 Å². The maximum atomic E-state index is 10.8. The molecule has 1 aromatic carbocycles. The van der Waals surface area contributed by atoms with E-state index in [9.17, 15) is 4.79 Å². The predicted octanol–water partition coefficient (Wildman–Crippen LogP) is 4.24. The fourth-order valence-corrected chi connectivity index (χ4v) is 2.81. The van der Waals surface area contributed by atoms with Crippen molar-refractivity contribution in [2.24, 2.45) is 0 Å². The highest BCUT2D eigenvalue weighted by atomic mass is 35.5. The highest BCUT2D eigenvalue weighted by Gasteiger charge is 2.23. The van der Waals surface area contributed by atoms with Crippen LogP contribution in [0.5, 0.6) is 0 Å². The van der Waals surface area contributed by atoms with Gasteiger partial charge < -0.3 is 5.11 Å². The lowest BCUT2D eigenvalue weighted by molar-refractivity contribution is -0.138. The van der Waals surface area contributed by atoms with Gasteiger partial charge in [0.05, 0.1) is 6.42 Å². The highest BCUT2D eigenvalue weighted by Crippen LogP contribution is 2.31. The Morgan fingerprint density at radius 2 is 2.00 bits per heavy atom. The van der Waals surface area contributed by atoms with Crippen LogP contribution in [-0.2, 0) is 4.79 Å². The van der Waals surface area contributed by atoms with E-state index in [2.05, 4.69) is 4.90 Å². The summed E-state index contributed by atoms with van der Waals surface area (Å²) < 4.78 is 0. The second-order valence-electron chi connectivity index (χ2n) is 4.62. The van der Waals surface area contributed by atoms with Crippen molar-refractivity contribution in [3.63, 3.8) is 0 Å². The summed E-state index contributed by atoms with van der Waals surface area (Å²) in [5, 5.41) is 10.2. The number of rotatable bonds is 6. The zero-order chi connectivity index (χ0) is 14.6. The number of hydrogen-bond donors (Lipinski definition) is 1. The fourth-order valence-electron chi connectivity index (χ4n) is 2.35. The first kappa shape index (κ1) is 16.3. The van der Waals surface area contributed by atoms with Crippen molar-refractivity contribution in [1.29, 1.82) is 0 Å². The Hall–Kier alpha value is -0.770. The van der Waals surface area contributed by atoms with Gasteiger partial charge in [-0.1, -0.05) is 30.1 Å². The molecule has 1 N–H and O–H groups in total. The molecule has 0 amide bonds. The topological polar surface area (TPSA) is 40.5 Å². The van der Waals surface area contributed by atoms with Crippen molar-refractivity contribution in [2.45, 2.75) is 39.3 Å². The molecule has 0 aliphatic rings. The van der Waals surface area contributed by atoms with E-state index in [0.717, 1.165) is 12.1 Å². The molecule has 0 heterocycles. The van der Waals surface area contributed by atoms with Crippen LogP contribution in [0.15, 0.2) is 18.2 Å².